The molecule has 10 heavy (non-hydrogen) atoms. The van der Waals surface area contributed by atoms with E-state index >= 15 is 0 Å². The maximum absolute atomic E-state index is 8.82. The fourth-order valence-corrected chi connectivity index (χ4v) is 0.849. The minimum absolute atomic E-state index is 0.0263. The number of nitrogens with zero attached hydrogens (tertiary/aromatic N) is 2. The molecule has 0 radical (unpaired) electrons. The molecule has 54 valence electrons. The van der Waals surface area contributed by atoms with E-state index in [9.17, 15) is 0 Å². The van der Waals surface area contributed by atoms with Gasteiger partial charge in [-0.3, -0.25) is 0 Å². The van der Waals surface area contributed by atoms with Gasteiger partial charge in [-0.05, 0) is 13.8 Å². The third-order valence-corrected chi connectivity index (χ3v) is 1.53. The molecule has 1 rings (SSSR count). The fraction of sp³-hybridized carbons (Fsp3) is 0.429. The molecular formula is C7H10N2O. The molecule has 1 heterocycles. The summed E-state index contributed by atoms with van der Waals surface area (Å²) in [5.74, 6) is 0. The van der Waals surface area contributed by atoms with E-state index in [2.05, 4.69) is 9.97 Å². The van der Waals surface area contributed by atoms with Crippen LogP contribution in [0.25, 0.3) is 0 Å². The van der Waals surface area contributed by atoms with Gasteiger partial charge < -0.3 is 5.11 Å². The van der Waals surface area contributed by atoms with E-state index in [1.54, 1.807) is 0 Å². The van der Waals surface area contributed by atoms with Gasteiger partial charge in [-0.25, -0.2) is 9.97 Å². The fourth-order valence-electron chi connectivity index (χ4n) is 0.849. The van der Waals surface area contributed by atoms with Gasteiger partial charge in [0.1, 0.15) is 6.33 Å². The van der Waals surface area contributed by atoms with Gasteiger partial charge >= 0.3 is 0 Å². The molecule has 3 nitrogen and oxygen atoms in total. The number of aryl methyl sites for hydroxylation is 2. The van der Waals surface area contributed by atoms with E-state index in [1.165, 1.54) is 6.33 Å². The van der Waals surface area contributed by atoms with Gasteiger partial charge in [0.15, 0.2) is 0 Å². The van der Waals surface area contributed by atoms with Crippen LogP contribution >= 0.6 is 0 Å². The Labute approximate surface area is 59.8 Å². The van der Waals surface area contributed by atoms with Gasteiger partial charge in [-0.2, -0.15) is 0 Å². The largest absolute Gasteiger partial charge is 0.392 e. The minimum Gasteiger partial charge on any atom is -0.392 e. The predicted octanol–water partition coefficient (Wildman–Crippen LogP) is 0.586. The molecule has 0 aliphatic carbocycles. The highest BCUT2D eigenvalue weighted by molar-refractivity contribution is 5.20. The van der Waals surface area contributed by atoms with Crippen molar-refractivity contribution in [3.8, 4) is 0 Å². The Hall–Kier alpha value is -0.960. The molecule has 0 spiro atoms. The van der Waals surface area contributed by atoms with Crippen LogP contribution < -0.4 is 0 Å². The molecule has 0 aliphatic rings. The van der Waals surface area contributed by atoms with E-state index in [-0.39, 0.29) is 6.61 Å². The van der Waals surface area contributed by atoms with Gasteiger partial charge in [-0.1, -0.05) is 0 Å². The van der Waals surface area contributed by atoms with Crippen LogP contribution in [0.1, 0.15) is 17.0 Å². The highest BCUT2D eigenvalue weighted by Gasteiger charge is 2.00. The first-order valence-corrected chi connectivity index (χ1v) is 3.13. The number of aliphatic hydroxyl groups is 1. The smallest absolute Gasteiger partial charge is 0.115 e. The number of aliphatic hydroxyl groups excluding tert-OH is 1. The molecule has 0 aliphatic heterocycles. The topological polar surface area (TPSA) is 46.0 Å². The first kappa shape index (κ1) is 7.15. The lowest BCUT2D eigenvalue weighted by Gasteiger charge is -2.02. The summed E-state index contributed by atoms with van der Waals surface area (Å²) in [7, 11) is 0. The number of hydrogen-bond donors (Lipinski definition) is 1. The molecule has 1 aromatic heterocycles. The van der Waals surface area contributed by atoms with Crippen molar-refractivity contribution in [2.75, 3.05) is 0 Å². The van der Waals surface area contributed by atoms with Crippen molar-refractivity contribution >= 4 is 0 Å². The Morgan fingerprint density at radius 1 is 1.30 bits per heavy atom. The third-order valence-electron chi connectivity index (χ3n) is 1.53. The zero-order valence-electron chi connectivity index (χ0n) is 6.13. The Bertz CT molecular complexity index is 215. The summed E-state index contributed by atoms with van der Waals surface area (Å²) in [5.41, 5.74) is 2.55. The lowest BCUT2D eigenvalue weighted by molar-refractivity contribution is 0.279. The van der Waals surface area contributed by atoms with E-state index in [4.69, 9.17) is 5.11 Å². The van der Waals surface area contributed by atoms with Crippen LogP contribution in [0.5, 0.6) is 0 Å². The monoisotopic (exact) mass is 138 g/mol. The average molecular weight is 138 g/mol. The average Bonchev–Trinajstić information content (AvgIpc) is 1.88. The second-order valence-corrected chi connectivity index (χ2v) is 2.18. The summed E-state index contributed by atoms with van der Waals surface area (Å²) in [4.78, 5) is 7.88. The molecular weight excluding hydrogens is 128 g/mol. The molecule has 0 fully saturated rings. The van der Waals surface area contributed by atoms with E-state index < -0.39 is 0 Å². The minimum atomic E-state index is 0.0263. The highest BCUT2D eigenvalue weighted by atomic mass is 16.3. The number of aromatic nitrogens is 2. The lowest BCUT2D eigenvalue weighted by atomic mass is 10.2. The van der Waals surface area contributed by atoms with Crippen LogP contribution in [0.3, 0.4) is 0 Å². The molecule has 0 bridgehead atoms. The van der Waals surface area contributed by atoms with E-state index in [0.29, 0.717) is 0 Å². The van der Waals surface area contributed by atoms with Gasteiger partial charge in [0, 0.05) is 17.0 Å². The third kappa shape index (κ3) is 1.14. The van der Waals surface area contributed by atoms with Crippen molar-refractivity contribution in [1.29, 1.82) is 0 Å². The van der Waals surface area contributed by atoms with Crippen molar-refractivity contribution in [2.45, 2.75) is 20.5 Å². The van der Waals surface area contributed by atoms with Crippen LogP contribution in [0.4, 0.5) is 0 Å². The van der Waals surface area contributed by atoms with Crippen LogP contribution in [-0.4, -0.2) is 15.1 Å². The molecule has 0 aromatic carbocycles. The van der Waals surface area contributed by atoms with E-state index in [1.807, 2.05) is 13.8 Å². The maximum atomic E-state index is 8.82. The summed E-state index contributed by atoms with van der Waals surface area (Å²) in [5, 5.41) is 8.82. The zero-order valence-corrected chi connectivity index (χ0v) is 6.13. The summed E-state index contributed by atoms with van der Waals surface area (Å²) < 4.78 is 0. The first-order chi connectivity index (χ1) is 4.75. The molecule has 0 saturated heterocycles. The molecule has 1 aromatic rings. The molecule has 0 atom stereocenters. The molecule has 3 heteroatoms. The standard InChI is InChI=1S/C7H10N2O/c1-5-7(3-10)6(2)9-4-8-5/h4,10H,3H2,1-2H3. The van der Waals surface area contributed by atoms with Crippen molar-refractivity contribution in [3.63, 3.8) is 0 Å². The SMILES string of the molecule is Cc1ncnc(C)c1CO. The maximum Gasteiger partial charge on any atom is 0.115 e. The van der Waals surface area contributed by atoms with Gasteiger partial charge in [0.2, 0.25) is 0 Å². The lowest BCUT2D eigenvalue weighted by Crippen LogP contribution is -1.98. The van der Waals surface area contributed by atoms with Crippen molar-refractivity contribution in [3.05, 3.63) is 23.3 Å². The quantitative estimate of drug-likeness (QED) is 0.617. The zero-order chi connectivity index (χ0) is 7.56. The van der Waals surface area contributed by atoms with Crippen LogP contribution in [0, 0.1) is 13.8 Å². The molecule has 0 unspecified atom stereocenters. The Morgan fingerprint density at radius 2 is 1.80 bits per heavy atom. The number of hydrogen-bond acceptors (Lipinski definition) is 3. The van der Waals surface area contributed by atoms with Gasteiger partial charge in [0.25, 0.3) is 0 Å². The summed E-state index contributed by atoms with van der Waals surface area (Å²) >= 11 is 0. The summed E-state index contributed by atoms with van der Waals surface area (Å²) in [6.45, 7) is 3.75. The number of rotatable bonds is 1. The van der Waals surface area contributed by atoms with Crippen molar-refractivity contribution in [1.82, 2.24) is 9.97 Å². The Balaban J connectivity index is 3.17. The van der Waals surface area contributed by atoms with Crippen LogP contribution in [0.15, 0.2) is 6.33 Å². The van der Waals surface area contributed by atoms with Gasteiger partial charge in [0.05, 0.1) is 6.61 Å². The normalized spacial score (nSPS) is 9.90. The van der Waals surface area contributed by atoms with Crippen LogP contribution in [-0.2, 0) is 6.61 Å². The Morgan fingerprint density at radius 3 is 2.10 bits per heavy atom. The highest BCUT2D eigenvalue weighted by Crippen LogP contribution is 2.06. The molecule has 1 N–H and O–H groups in total. The predicted molar refractivity (Wildman–Crippen MR) is 37.4 cm³/mol. The van der Waals surface area contributed by atoms with Gasteiger partial charge in [-0.15, -0.1) is 0 Å². The Kier molecular flexibility index (Phi) is 1.97. The van der Waals surface area contributed by atoms with Crippen molar-refractivity contribution < 1.29 is 5.11 Å². The summed E-state index contributed by atoms with van der Waals surface area (Å²) in [6.07, 6.45) is 1.50. The summed E-state index contributed by atoms with van der Waals surface area (Å²) in [6, 6.07) is 0. The van der Waals surface area contributed by atoms with E-state index in [0.717, 1.165) is 17.0 Å². The molecule has 0 saturated carbocycles. The van der Waals surface area contributed by atoms with Crippen molar-refractivity contribution in [2.24, 2.45) is 0 Å². The van der Waals surface area contributed by atoms with Crippen LogP contribution in [0.2, 0.25) is 0 Å². The second-order valence-electron chi connectivity index (χ2n) is 2.18. The second kappa shape index (κ2) is 2.75. The molecule has 0 amide bonds. The first-order valence-electron chi connectivity index (χ1n) is 3.13.